The summed E-state index contributed by atoms with van der Waals surface area (Å²) in [5.74, 6) is 0.933. The summed E-state index contributed by atoms with van der Waals surface area (Å²) in [7, 11) is 0. The maximum atomic E-state index is 11.9. The largest absolute Gasteiger partial charge is 0.303 e. The molecule has 2 aromatic carbocycles. The highest BCUT2D eigenvalue weighted by molar-refractivity contribution is 7.96. The SMILES string of the molecule is C1CN2CCC1CC2.CSN1CCc2ccccc2C1.Fc1ccccc1. The molecule has 0 unspecified atom stereocenters. The number of nitrogens with zero attached hydrogens (tertiary/aromatic N) is 2. The monoisotopic (exact) mass is 386 g/mol. The molecule has 0 radical (unpaired) electrons. The van der Waals surface area contributed by atoms with Gasteiger partial charge < -0.3 is 4.90 Å². The van der Waals surface area contributed by atoms with Crippen LogP contribution in [-0.4, -0.2) is 41.6 Å². The van der Waals surface area contributed by atoms with Gasteiger partial charge in [0.05, 0.1) is 0 Å². The van der Waals surface area contributed by atoms with E-state index in [1.54, 1.807) is 18.2 Å². The van der Waals surface area contributed by atoms with Gasteiger partial charge in [-0.05, 0) is 80.8 Å². The van der Waals surface area contributed by atoms with E-state index < -0.39 is 0 Å². The second kappa shape index (κ2) is 10.8. The zero-order valence-electron chi connectivity index (χ0n) is 16.3. The third kappa shape index (κ3) is 6.63. The van der Waals surface area contributed by atoms with Crippen LogP contribution in [0.25, 0.3) is 0 Å². The van der Waals surface area contributed by atoms with Crippen molar-refractivity contribution in [2.75, 3.05) is 32.4 Å². The van der Waals surface area contributed by atoms with Gasteiger partial charge in [0.1, 0.15) is 5.82 Å². The van der Waals surface area contributed by atoms with Crippen molar-refractivity contribution in [3.8, 4) is 0 Å². The molecular formula is C23H31FN2S. The summed E-state index contributed by atoms with van der Waals surface area (Å²) in [5, 5.41) is 0. The Morgan fingerprint density at radius 2 is 1.41 bits per heavy atom. The average molecular weight is 387 g/mol. The molecule has 6 rings (SSSR count). The summed E-state index contributed by atoms with van der Waals surface area (Å²) in [5.41, 5.74) is 3.03. The lowest BCUT2D eigenvalue weighted by Crippen LogP contribution is -2.41. The molecule has 146 valence electrons. The van der Waals surface area contributed by atoms with E-state index in [-0.39, 0.29) is 5.82 Å². The van der Waals surface area contributed by atoms with Crippen molar-refractivity contribution in [1.29, 1.82) is 0 Å². The van der Waals surface area contributed by atoms with Gasteiger partial charge in [0.25, 0.3) is 0 Å². The Kier molecular flexibility index (Phi) is 8.18. The first-order valence-electron chi connectivity index (χ1n) is 10.0. The lowest BCUT2D eigenvalue weighted by molar-refractivity contribution is 0.111. The molecule has 4 heterocycles. The molecular weight excluding hydrogens is 355 g/mol. The minimum Gasteiger partial charge on any atom is -0.303 e. The Bertz CT molecular complexity index is 648. The number of rotatable bonds is 1. The van der Waals surface area contributed by atoms with Gasteiger partial charge in [-0.1, -0.05) is 54.4 Å². The van der Waals surface area contributed by atoms with E-state index in [1.807, 2.05) is 11.9 Å². The van der Waals surface area contributed by atoms with Crippen LogP contribution in [0.3, 0.4) is 0 Å². The second-order valence-electron chi connectivity index (χ2n) is 7.43. The fourth-order valence-corrected chi connectivity index (χ4v) is 4.45. The van der Waals surface area contributed by atoms with Crippen molar-refractivity contribution in [1.82, 2.24) is 9.21 Å². The highest BCUT2D eigenvalue weighted by atomic mass is 32.2. The van der Waals surface area contributed by atoms with Gasteiger partial charge in [0, 0.05) is 13.1 Å². The summed E-state index contributed by atoms with van der Waals surface area (Å²) >= 11 is 1.84. The summed E-state index contributed by atoms with van der Waals surface area (Å²) in [6.07, 6.45) is 7.81. The molecule has 2 nitrogen and oxygen atoms in total. The van der Waals surface area contributed by atoms with Crippen LogP contribution in [0.1, 0.15) is 30.4 Å². The average Bonchev–Trinajstić information content (AvgIpc) is 2.76. The molecule has 0 amide bonds. The first kappa shape index (κ1) is 20.4. The van der Waals surface area contributed by atoms with Gasteiger partial charge in [-0.15, -0.1) is 0 Å². The van der Waals surface area contributed by atoms with Crippen molar-refractivity contribution in [2.45, 2.75) is 32.2 Å². The van der Waals surface area contributed by atoms with Gasteiger partial charge in [0.2, 0.25) is 0 Å². The number of benzene rings is 2. The maximum Gasteiger partial charge on any atom is 0.123 e. The predicted octanol–water partition coefficient (Wildman–Crippen LogP) is 5.25. The maximum absolute atomic E-state index is 11.9. The van der Waals surface area contributed by atoms with Gasteiger partial charge >= 0.3 is 0 Å². The van der Waals surface area contributed by atoms with Crippen LogP contribution in [-0.2, 0) is 13.0 Å². The van der Waals surface area contributed by atoms with Crippen LogP contribution in [0, 0.1) is 11.7 Å². The molecule has 0 N–H and O–H groups in total. The molecule has 2 aromatic rings. The van der Waals surface area contributed by atoms with Crippen molar-refractivity contribution in [3.05, 3.63) is 71.5 Å². The lowest BCUT2D eigenvalue weighted by atomic mass is 9.89. The molecule has 3 saturated heterocycles. The molecule has 3 fully saturated rings. The van der Waals surface area contributed by atoms with E-state index in [2.05, 4.69) is 39.7 Å². The summed E-state index contributed by atoms with van der Waals surface area (Å²) in [6, 6.07) is 16.7. The smallest absolute Gasteiger partial charge is 0.123 e. The molecule has 0 saturated carbocycles. The van der Waals surface area contributed by atoms with Crippen LogP contribution < -0.4 is 0 Å². The third-order valence-electron chi connectivity index (χ3n) is 5.65. The molecule has 4 aliphatic rings. The van der Waals surface area contributed by atoms with Crippen LogP contribution in [0.4, 0.5) is 4.39 Å². The van der Waals surface area contributed by atoms with Crippen LogP contribution in [0.2, 0.25) is 0 Å². The molecule has 27 heavy (non-hydrogen) atoms. The zero-order chi connectivity index (χ0) is 18.9. The van der Waals surface area contributed by atoms with Crippen LogP contribution in [0.5, 0.6) is 0 Å². The van der Waals surface area contributed by atoms with Crippen LogP contribution in [0.15, 0.2) is 54.6 Å². The quantitative estimate of drug-likeness (QED) is 0.618. The van der Waals surface area contributed by atoms with Gasteiger partial charge in [-0.3, -0.25) is 0 Å². The summed E-state index contributed by atoms with van der Waals surface area (Å²) < 4.78 is 14.3. The van der Waals surface area contributed by atoms with Gasteiger partial charge in [-0.2, -0.15) is 0 Å². The normalized spacial score (nSPS) is 23.3. The van der Waals surface area contributed by atoms with Crippen molar-refractivity contribution in [2.24, 2.45) is 5.92 Å². The first-order chi connectivity index (χ1) is 13.2. The molecule has 0 aliphatic carbocycles. The Hall–Kier alpha value is -1.36. The van der Waals surface area contributed by atoms with Gasteiger partial charge in [0.15, 0.2) is 0 Å². The van der Waals surface area contributed by atoms with E-state index in [0.29, 0.717) is 0 Å². The minimum atomic E-state index is -0.178. The Morgan fingerprint density at radius 3 is 1.85 bits per heavy atom. The predicted molar refractivity (Wildman–Crippen MR) is 114 cm³/mol. The van der Waals surface area contributed by atoms with E-state index in [1.165, 1.54) is 75.1 Å². The van der Waals surface area contributed by atoms with Crippen LogP contribution >= 0.6 is 11.9 Å². The topological polar surface area (TPSA) is 6.48 Å². The highest BCUT2D eigenvalue weighted by Gasteiger charge is 2.24. The number of hydrogen-bond acceptors (Lipinski definition) is 3. The Balaban J connectivity index is 0.000000123. The highest BCUT2D eigenvalue weighted by Crippen LogP contribution is 2.26. The lowest BCUT2D eigenvalue weighted by Gasteiger charge is -2.38. The van der Waals surface area contributed by atoms with E-state index in [4.69, 9.17) is 0 Å². The zero-order valence-corrected chi connectivity index (χ0v) is 17.1. The second-order valence-corrected chi connectivity index (χ2v) is 8.32. The van der Waals surface area contributed by atoms with Gasteiger partial charge in [-0.25, -0.2) is 8.70 Å². The molecule has 4 heteroatoms. The standard InChI is InChI=1S/C10H13NS.C7H13N.C6H5F/c1-12-11-7-6-9-4-2-3-5-10(9)8-11;1-4-8-5-2-7(1)3-6-8;7-6-4-2-1-3-5-6/h2-5H,6-8H2,1H3;7H,1-6H2;1-5H. The number of piperidine rings is 3. The molecule has 0 aromatic heterocycles. The van der Waals surface area contributed by atoms with E-state index >= 15 is 0 Å². The van der Waals surface area contributed by atoms with Crippen molar-refractivity contribution >= 4 is 11.9 Å². The number of hydrogen-bond donors (Lipinski definition) is 0. The van der Waals surface area contributed by atoms with Crippen molar-refractivity contribution < 1.29 is 4.39 Å². The first-order valence-corrected chi connectivity index (χ1v) is 11.2. The number of fused-ring (bicyclic) bond motifs is 4. The fraction of sp³-hybridized carbons (Fsp3) is 0.478. The number of halogens is 1. The molecule has 0 spiro atoms. The van der Waals surface area contributed by atoms with Crippen molar-refractivity contribution in [3.63, 3.8) is 0 Å². The molecule has 0 atom stereocenters. The molecule has 2 bridgehead atoms. The van der Waals surface area contributed by atoms with E-state index in [9.17, 15) is 4.39 Å². The summed E-state index contributed by atoms with van der Waals surface area (Å²) in [6.45, 7) is 6.48. The molecule has 4 aliphatic heterocycles. The van der Waals surface area contributed by atoms with E-state index in [0.717, 1.165) is 12.5 Å². The Morgan fingerprint density at radius 1 is 0.815 bits per heavy atom. The third-order valence-corrected chi connectivity index (χ3v) is 6.48. The fourth-order valence-electron chi connectivity index (χ4n) is 3.90. The minimum absolute atomic E-state index is 0.178. The Labute approximate surface area is 167 Å². The summed E-state index contributed by atoms with van der Waals surface area (Å²) in [4.78, 5) is 2.58.